The number of carbonyl (C=O) groups excluding carboxylic acids is 1. The molecule has 2 aliphatic heterocycles. The lowest BCUT2D eigenvalue weighted by molar-refractivity contribution is -0.222. The third-order valence-electron chi connectivity index (χ3n) is 5.88. The molecule has 10 nitrogen and oxygen atoms in total. The zero-order valence-corrected chi connectivity index (χ0v) is 18.9. The second-order valence-electron chi connectivity index (χ2n) is 8.12. The van der Waals surface area contributed by atoms with E-state index < -0.39 is 60.7 Å². The first-order chi connectivity index (χ1) is 15.2. The van der Waals surface area contributed by atoms with Crippen molar-refractivity contribution < 1.29 is 48.5 Å². The number of aromatic hydroxyl groups is 1. The molecule has 2 fully saturated rings. The van der Waals surface area contributed by atoms with E-state index in [1.165, 1.54) is 33.3 Å². The summed E-state index contributed by atoms with van der Waals surface area (Å²) in [4.78, 5) is 12.3. The van der Waals surface area contributed by atoms with Crippen molar-refractivity contribution in [2.45, 2.75) is 82.8 Å². The second kappa shape index (κ2) is 10.3. The standard InChI is InChI=1S/C22H32O10/c1-10(23)19-13(31-17-8-15(27-4)20(24)11(2)29-17)6-7-14(22(19)26)32-18-9-16(28-5)21(25)12(3)30-18/h6-7,11-12,15-18,20-21,24-26H,8-9H2,1-5H3/t11-,12-,15-,16+,17+,18+,20-,21-/m1/s1. The first kappa shape index (κ1) is 24.7. The highest BCUT2D eigenvalue weighted by Crippen LogP contribution is 2.40. The monoisotopic (exact) mass is 456 g/mol. The fraction of sp³-hybridized carbons (Fsp3) is 0.682. The van der Waals surface area contributed by atoms with Gasteiger partial charge < -0.3 is 43.7 Å². The maximum absolute atomic E-state index is 12.3. The van der Waals surface area contributed by atoms with Crippen molar-refractivity contribution in [3.8, 4) is 17.2 Å². The van der Waals surface area contributed by atoms with Crippen LogP contribution in [0.15, 0.2) is 12.1 Å². The molecular weight excluding hydrogens is 424 g/mol. The number of aliphatic hydroxyl groups is 2. The molecule has 1 aromatic rings. The topological polar surface area (TPSA) is 133 Å². The van der Waals surface area contributed by atoms with Crippen LogP contribution < -0.4 is 9.47 Å². The van der Waals surface area contributed by atoms with Gasteiger partial charge in [0.15, 0.2) is 17.3 Å². The largest absolute Gasteiger partial charge is 0.504 e. The Balaban J connectivity index is 1.79. The Kier molecular flexibility index (Phi) is 7.97. The quantitative estimate of drug-likeness (QED) is 0.517. The average Bonchev–Trinajstić information content (AvgIpc) is 2.74. The number of ketones is 1. The van der Waals surface area contributed by atoms with Crippen molar-refractivity contribution in [1.82, 2.24) is 0 Å². The predicted molar refractivity (Wildman–Crippen MR) is 111 cm³/mol. The van der Waals surface area contributed by atoms with Crippen LogP contribution >= 0.6 is 0 Å². The van der Waals surface area contributed by atoms with E-state index in [1.807, 2.05) is 0 Å². The summed E-state index contributed by atoms with van der Waals surface area (Å²) in [6, 6.07) is 2.97. The van der Waals surface area contributed by atoms with Crippen LogP contribution in [0.1, 0.15) is 44.0 Å². The van der Waals surface area contributed by atoms with E-state index in [0.29, 0.717) is 0 Å². The van der Waals surface area contributed by atoms with Crippen LogP contribution in [-0.2, 0) is 18.9 Å². The van der Waals surface area contributed by atoms with Gasteiger partial charge in [0.25, 0.3) is 0 Å². The molecule has 0 saturated carbocycles. The van der Waals surface area contributed by atoms with Gasteiger partial charge in [0.1, 0.15) is 23.5 Å². The van der Waals surface area contributed by atoms with E-state index in [-0.39, 0.29) is 29.9 Å². The van der Waals surface area contributed by atoms with E-state index in [4.69, 9.17) is 28.4 Å². The molecule has 0 aromatic heterocycles. The summed E-state index contributed by atoms with van der Waals surface area (Å²) in [6.45, 7) is 4.69. The highest BCUT2D eigenvalue weighted by Gasteiger charge is 2.38. The first-order valence-corrected chi connectivity index (χ1v) is 10.6. The zero-order valence-electron chi connectivity index (χ0n) is 18.9. The first-order valence-electron chi connectivity index (χ1n) is 10.6. The number of methoxy groups -OCH3 is 2. The molecule has 32 heavy (non-hydrogen) atoms. The van der Waals surface area contributed by atoms with Crippen LogP contribution in [0, 0.1) is 0 Å². The normalized spacial score (nSPS) is 35.3. The van der Waals surface area contributed by atoms with Gasteiger partial charge in [0.2, 0.25) is 12.6 Å². The van der Waals surface area contributed by atoms with Crippen molar-refractivity contribution >= 4 is 5.78 Å². The van der Waals surface area contributed by atoms with Crippen LogP contribution in [0.25, 0.3) is 0 Å². The Morgan fingerprint density at radius 3 is 1.78 bits per heavy atom. The van der Waals surface area contributed by atoms with Crippen LogP contribution in [-0.4, -0.2) is 84.5 Å². The fourth-order valence-electron chi connectivity index (χ4n) is 4.01. The van der Waals surface area contributed by atoms with E-state index in [0.717, 1.165) is 0 Å². The number of hydrogen-bond acceptors (Lipinski definition) is 10. The van der Waals surface area contributed by atoms with Gasteiger partial charge in [-0.25, -0.2) is 0 Å². The highest BCUT2D eigenvalue weighted by atomic mass is 16.7. The summed E-state index contributed by atoms with van der Waals surface area (Å²) in [7, 11) is 2.98. The van der Waals surface area contributed by atoms with Gasteiger partial charge in [-0.2, -0.15) is 0 Å². The molecule has 10 heteroatoms. The number of Topliss-reactive ketones (excluding diaryl/α,β-unsaturated/α-hetero) is 1. The van der Waals surface area contributed by atoms with E-state index in [1.54, 1.807) is 13.8 Å². The molecule has 0 spiro atoms. The molecule has 2 aliphatic rings. The fourth-order valence-corrected chi connectivity index (χ4v) is 4.01. The van der Waals surface area contributed by atoms with Gasteiger partial charge in [-0.1, -0.05) is 0 Å². The Morgan fingerprint density at radius 1 is 0.906 bits per heavy atom. The number of benzene rings is 1. The molecule has 2 saturated heterocycles. The highest BCUT2D eigenvalue weighted by molar-refractivity contribution is 6.00. The van der Waals surface area contributed by atoms with E-state index in [9.17, 15) is 20.1 Å². The van der Waals surface area contributed by atoms with Gasteiger partial charge in [-0.15, -0.1) is 0 Å². The summed E-state index contributed by atoms with van der Waals surface area (Å²) in [5.41, 5.74) is -0.0639. The lowest BCUT2D eigenvalue weighted by Crippen LogP contribution is -2.49. The SMILES string of the molecule is CO[C@H]1C[C@H](Oc2ccc(O[C@H]3C[C@@H](OC)[C@H](O)[C@@H](C)O3)c(C(C)=O)c2O)O[C@H](C)[C@H]1O. The molecule has 180 valence electrons. The van der Waals surface area contributed by atoms with Crippen LogP contribution in [0.5, 0.6) is 17.2 Å². The minimum atomic E-state index is -0.802. The number of carbonyl (C=O) groups is 1. The van der Waals surface area contributed by atoms with Gasteiger partial charge in [-0.3, -0.25) is 4.79 Å². The molecule has 0 aliphatic carbocycles. The zero-order chi connectivity index (χ0) is 23.6. The Bertz CT molecular complexity index is 799. The Hall–Kier alpha value is -1.95. The van der Waals surface area contributed by atoms with Gasteiger partial charge in [0, 0.05) is 27.1 Å². The van der Waals surface area contributed by atoms with E-state index in [2.05, 4.69) is 0 Å². The second-order valence-corrected chi connectivity index (χ2v) is 8.12. The predicted octanol–water partition coefficient (Wildman–Crippen LogP) is 1.37. The minimum absolute atomic E-state index is 0.0362. The molecule has 0 bridgehead atoms. The summed E-state index contributed by atoms with van der Waals surface area (Å²) < 4.78 is 33.5. The van der Waals surface area contributed by atoms with Crippen molar-refractivity contribution in [2.24, 2.45) is 0 Å². The summed E-state index contributed by atoms with van der Waals surface area (Å²) >= 11 is 0. The summed E-state index contributed by atoms with van der Waals surface area (Å²) in [5.74, 6) is -0.667. The van der Waals surface area contributed by atoms with Crippen LogP contribution in [0.4, 0.5) is 0 Å². The molecule has 3 rings (SSSR count). The van der Waals surface area contributed by atoms with Crippen molar-refractivity contribution in [1.29, 1.82) is 0 Å². The smallest absolute Gasteiger partial charge is 0.203 e. The number of hydrogen-bond donors (Lipinski definition) is 3. The number of ether oxygens (including phenoxy) is 6. The van der Waals surface area contributed by atoms with Crippen LogP contribution in [0.3, 0.4) is 0 Å². The minimum Gasteiger partial charge on any atom is -0.504 e. The molecule has 3 N–H and O–H groups in total. The molecule has 1 aromatic carbocycles. The number of phenols is 1. The van der Waals surface area contributed by atoms with Gasteiger partial charge >= 0.3 is 0 Å². The number of rotatable bonds is 7. The summed E-state index contributed by atoms with van der Waals surface area (Å²) in [6.07, 6.45) is -4.75. The maximum atomic E-state index is 12.3. The van der Waals surface area contributed by atoms with Gasteiger partial charge in [-0.05, 0) is 32.9 Å². The lowest BCUT2D eigenvalue weighted by atomic mass is 10.0. The molecule has 0 unspecified atom stereocenters. The molecular formula is C22H32O10. The molecule has 0 amide bonds. The maximum Gasteiger partial charge on any atom is 0.203 e. The van der Waals surface area contributed by atoms with Crippen LogP contribution in [0.2, 0.25) is 0 Å². The number of aliphatic hydroxyl groups excluding tert-OH is 2. The molecule has 0 radical (unpaired) electrons. The van der Waals surface area contributed by atoms with Gasteiger partial charge in [0.05, 0.1) is 24.4 Å². The average molecular weight is 456 g/mol. The molecule has 8 atom stereocenters. The third-order valence-corrected chi connectivity index (χ3v) is 5.88. The third kappa shape index (κ3) is 5.16. The summed E-state index contributed by atoms with van der Waals surface area (Å²) in [5, 5.41) is 31.0. The van der Waals surface area contributed by atoms with Crippen molar-refractivity contribution in [2.75, 3.05) is 14.2 Å². The van der Waals surface area contributed by atoms with Crippen molar-refractivity contribution in [3.63, 3.8) is 0 Å². The van der Waals surface area contributed by atoms with E-state index >= 15 is 0 Å². The lowest BCUT2D eigenvalue weighted by Gasteiger charge is -2.37. The number of phenolic OH excluding ortho intramolecular Hbond substituents is 1. The Labute approximate surface area is 186 Å². The molecule has 2 heterocycles. The Morgan fingerprint density at radius 2 is 1.34 bits per heavy atom. The van der Waals surface area contributed by atoms with Crippen molar-refractivity contribution in [3.05, 3.63) is 17.7 Å².